The smallest absolute Gasteiger partial charge is 0.331 e. The van der Waals surface area contributed by atoms with E-state index in [-0.39, 0.29) is 12.0 Å². The van der Waals surface area contributed by atoms with Gasteiger partial charge in [-0.15, -0.1) is 5.92 Å². The summed E-state index contributed by atoms with van der Waals surface area (Å²) in [7, 11) is -3.97. The summed E-state index contributed by atoms with van der Waals surface area (Å²) in [5.74, 6) is 0.963. The van der Waals surface area contributed by atoms with Crippen LogP contribution in [0, 0.1) is 18.8 Å². The van der Waals surface area contributed by atoms with Gasteiger partial charge in [0.1, 0.15) is 6.42 Å². The SMILES string of the molecule is CCCCCCC#CC(CC(=O)c1ccc(C)cc1)(NC(=O)CC(=O)NS(=O)(=O)C1CC1)C(F)(F)F. The molecule has 1 unspecified atom stereocenters. The predicted molar refractivity (Wildman–Crippen MR) is 128 cm³/mol. The van der Waals surface area contributed by atoms with Crippen molar-refractivity contribution in [3.8, 4) is 11.8 Å². The van der Waals surface area contributed by atoms with Crippen LogP contribution in [-0.4, -0.2) is 43.0 Å². The van der Waals surface area contributed by atoms with Crippen molar-refractivity contribution in [2.45, 2.75) is 88.6 Å². The molecule has 1 saturated carbocycles. The fraction of sp³-hybridized carbons (Fsp3) is 0.560. The number of alkyl halides is 3. The van der Waals surface area contributed by atoms with Crippen LogP contribution in [-0.2, 0) is 19.6 Å². The van der Waals surface area contributed by atoms with Crippen molar-refractivity contribution in [2.24, 2.45) is 0 Å². The second kappa shape index (κ2) is 12.4. The number of hydrogen-bond donors (Lipinski definition) is 2. The molecule has 0 heterocycles. The largest absolute Gasteiger partial charge is 0.423 e. The highest BCUT2D eigenvalue weighted by atomic mass is 32.2. The van der Waals surface area contributed by atoms with Gasteiger partial charge in [-0.3, -0.25) is 19.1 Å². The number of ketones is 1. The molecule has 2 rings (SSSR count). The van der Waals surface area contributed by atoms with Crippen LogP contribution >= 0.6 is 0 Å². The molecule has 7 nitrogen and oxygen atoms in total. The molecule has 1 aromatic carbocycles. The number of hydrogen-bond acceptors (Lipinski definition) is 5. The third kappa shape index (κ3) is 8.66. The topological polar surface area (TPSA) is 109 Å². The second-order valence-corrected chi connectivity index (χ2v) is 10.9. The van der Waals surface area contributed by atoms with Crippen molar-refractivity contribution < 1.29 is 36.0 Å². The maximum absolute atomic E-state index is 14.4. The molecule has 1 fully saturated rings. The average molecular weight is 529 g/mol. The number of amides is 2. The number of carbonyl (C=O) groups excluding carboxylic acids is 3. The van der Waals surface area contributed by atoms with Gasteiger partial charge < -0.3 is 5.32 Å². The van der Waals surface area contributed by atoms with Crippen LogP contribution in [0.4, 0.5) is 13.2 Å². The van der Waals surface area contributed by atoms with Gasteiger partial charge in [-0.2, -0.15) is 13.2 Å². The van der Waals surface area contributed by atoms with Gasteiger partial charge in [0, 0.05) is 12.0 Å². The second-order valence-electron chi connectivity index (χ2n) is 8.98. The molecule has 0 aliphatic heterocycles. The van der Waals surface area contributed by atoms with Gasteiger partial charge in [0.2, 0.25) is 27.4 Å². The van der Waals surface area contributed by atoms with E-state index in [4.69, 9.17) is 0 Å². The summed E-state index contributed by atoms with van der Waals surface area (Å²) in [6, 6.07) is 5.92. The number of carbonyl (C=O) groups is 3. The number of unbranched alkanes of at least 4 members (excludes halogenated alkanes) is 4. The number of Topliss-reactive ketones (excluding diaryl/α,β-unsaturated/α-hetero) is 1. The van der Waals surface area contributed by atoms with Crippen LogP contribution in [0.3, 0.4) is 0 Å². The van der Waals surface area contributed by atoms with Crippen molar-refractivity contribution in [3.05, 3.63) is 35.4 Å². The molecule has 0 aromatic heterocycles. The first-order valence-electron chi connectivity index (χ1n) is 11.8. The Morgan fingerprint density at radius 2 is 1.67 bits per heavy atom. The molecule has 198 valence electrons. The molecule has 0 spiro atoms. The van der Waals surface area contributed by atoms with Crippen molar-refractivity contribution in [1.82, 2.24) is 10.0 Å². The van der Waals surface area contributed by atoms with Crippen molar-refractivity contribution in [3.63, 3.8) is 0 Å². The Bertz CT molecular complexity index is 1120. The lowest BCUT2D eigenvalue weighted by atomic mass is 9.89. The number of benzene rings is 1. The molecule has 1 atom stereocenters. The Morgan fingerprint density at radius 1 is 1.03 bits per heavy atom. The van der Waals surface area contributed by atoms with Crippen LogP contribution in [0.15, 0.2) is 24.3 Å². The Balaban J connectivity index is 2.27. The van der Waals surface area contributed by atoms with Crippen LogP contribution in [0.2, 0.25) is 0 Å². The highest BCUT2D eigenvalue weighted by Gasteiger charge is 2.56. The number of halogens is 3. The Hall–Kier alpha value is -2.87. The van der Waals surface area contributed by atoms with E-state index in [9.17, 15) is 36.0 Å². The lowest BCUT2D eigenvalue weighted by Crippen LogP contribution is -2.59. The van der Waals surface area contributed by atoms with E-state index in [1.807, 2.05) is 6.92 Å². The summed E-state index contributed by atoms with van der Waals surface area (Å²) in [5, 5.41) is 0.986. The highest BCUT2D eigenvalue weighted by molar-refractivity contribution is 7.90. The molecule has 1 aliphatic carbocycles. The number of sulfonamides is 1. The van der Waals surface area contributed by atoms with E-state index >= 15 is 0 Å². The van der Waals surface area contributed by atoms with Crippen LogP contribution in [0.25, 0.3) is 0 Å². The van der Waals surface area contributed by atoms with Crippen LogP contribution in [0.1, 0.15) is 80.6 Å². The molecule has 2 amide bonds. The minimum atomic E-state index is -5.16. The van der Waals surface area contributed by atoms with Crippen molar-refractivity contribution >= 4 is 27.6 Å². The van der Waals surface area contributed by atoms with Gasteiger partial charge in [-0.25, -0.2) is 8.42 Å². The fourth-order valence-electron chi connectivity index (χ4n) is 3.38. The first-order valence-corrected chi connectivity index (χ1v) is 13.4. The van der Waals surface area contributed by atoms with Gasteiger partial charge in [0.25, 0.3) is 0 Å². The lowest BCUT2D eigenvalue weighted by Gasteiger charge is -2.31. The van der Waals surface area contributed by atoms with E-state index in [1.54, 1.807) is 29.1 Å². The van der Waals surface area contributed by atoms with Gasteiger partial charge in [-0.1, -0.05) is 61.9 Å². The fourth-order valence-corrected chi connectivity index (χ4v) is 4.69. The summed E-state index contributed by atoms with van der Waals surface area (Å²) in [4.78, 5) is 37.3. The zero-order valence-electron chi connectivity index (χ0n) is 20.3. The first-order chi connectivity index (χ1) is 16.8. The summed E-state index contributed by atoms with van der Waals surface area (Å²) < 4.78 is 68.6. The van der Waals surface area contributed by atoms with E-state index < -0.39 is 57.4 Å². The molecule has 0 saturated heterocycles. The maximum atomic E-state index is 14.4. The van der Waals surface area contributed by atoms with E-state index in [0.29, 0.717) is 19.3 Å². The normalized spacial score (nSPS) is 15.2. The van der Waals surface area contributed by atoms with Crippen molar-refractivity contribution in [2.75, 3.05) is 0 Å². The monoisotopic (exact) mass is 528 g/mol. The lowest BCUT2D eigenvalue weighted by molar-refractivity contribution is -0.181. The third-order valence-corrected chi connectivity index (χ3v) is 7.49. The Labute approximate surface area is 209 Å². The summed E-state index contributed by atoms with van der Waals surface area (Å²) in [6.07, 6.45) is -3.52. The summed E-state index contributed by atoms with van der Waals surface area (Å²) >= 11 is 0. The van der Waals surface area contributed by atoms with E-state index in [0.717, 1.165) is 24.8 Å². The molecule has 1 aliphatic rings. The zero-order valence-corrected chi connectivity index (χ0v) is 21.2. The summed E-state index contributed by atoms with van der Waals surface area (Å²) in [5.41, 5.74) is -2.42. The maximum Gasteiger partial charge on any atom is 0.423 e. The minimum Gasteiger partial charge on any atom is -0.331 e. The zero-order chi connectivity index (χ0) is 27.0. The predicted octanol–water partition coefficient (Wildman–Crippen LogP) is 3.96. The van der Waals surface area contributed by atoms with Crippen LogP contribution in [0.5, 0.6) is 0 Å². The van der Waals surface area contributed by atoms with Gasteiger partial charge in [0.05, 0.1) is 11.7 Å². The molecule has 0 radical (unpaired) electrons. The molecule has 36 heavy (non-hydrogen) atoms. The number of nitrogens with one attached hydrogen (secondary N) is 2. The third-order valence-electron chi connectivity index (χ3n) is 5.63. The van der Waals surface area contributed by atoms with E-state index in [2.05, 4.69) is 11.8 Å². The highest BCUT2D eigenvalue weighted by Crippen LogP contribution is 2.34. The van der Waals surface area contributed by atoms with Gasteiger partial charge in [0.15, 0.2) is 5.78 Å². The number of rotatable bonds is 12. The van der Waals surface area contributed by atoms with Crippen molar-refractivity contribution in [1.29, 1.82) is 0 Å². The molecular weight excluding hydrogens is 497 g/mol. The number of aryl methyl sites for hydroxylation is 1. The van der Waals surface area contributed by atoms with Gasteiger partial charge in [-0.05, 0) is 26.2 Å². The Morgan fingerprint density at radius 3 is 2.22 bits per heavy atom. The average Bonchev–Trinajstić information content (AvgIpc) is 3.61. The standard InChI is InChI=1S/C25H31F3N2O5S/c1-3-4-5-6-7-8-15-24(25(26,27)28,17-21(31)19-11-9-18(2)10-12-19)29-22(32)16-23(33)30-36(34,35)20-13-14-20/h9-12,20H,3-7,13-14,16-17H2,1-2H3,(H,29,32)(H,30,33). The quantitative estimate of drug-likeness (QED) is 0.185. The van der Waals surface area contributed by atoms with E-state index in [1.165, 1.54) is 12.1 Å². The molecule has 2 N–H and O–H groups in total. The molecule has 0 bridgehead atoms. The molecule has 11 heteroatoms. The summed E-state index contributed by atoms with van der Waals surface area (Å²) in [6.45, 7) is 3.74. The minimum absolute atomic E-state index is 0.0153. The first kappa shape index (κ1) is 29.4. The van der Waals surface area contributed by atoms with Crippen LogP contribution < -0.4 is 10.0 Å². The van der Waals surface area contributed by atoms with Gasteiger partial charge >= 0.3 is 6.18 Å². The molecular formula is C25H31F3N2O5S. The Kier molecular flexibility index (Phi) is 10.1. The molecule has 1 aromatic rings.